The van der Waals surface area contributed by atoms with Crippen molar-refractivity contribution in [2.75, 3.05) is 11.9 Å². The minimum atomic E-state index is -0.331. The Labute approximate surface area is 143 Å². The van der Waals surface area contributed by atoms with Crippen LogP contribution in [0.2, 0.25) is 0 Å². The molecule has 0 fully saturated rings. The summed E-state index contributed by atoms with van der Waals surface area (Å²) in [5.41, 5.74) is 1.69. The molecule has 0 amide bonds. The fraction of sp³-hybridized carbons (Fsp3) is 0.375. The minimum absolute atomic E-state index is 0.331. The lowest BCUT2D eigenvalue weighted by Crippen LogP contribution is -2.04. The lowest BCUT2D eigenvalue weighted by atomic mass is 10.2. The van der Waals surface area contributed by atoms with Crippen molar-refractivity contribution in [3.8, 4) is 0 Å². The Morgan fingerprint density at radius 1 is 1.33 bits per heavy atom. The number of nitrogens with one attached hydrogen (secondary N) is 1. The molecule has 0 radical (unpaired) electrons. The molecule has 3 aromatic heterocycles. The summed E-state index contributed by atoms with van der Waals surface area (Å²) in [5, 5.41) is 4.04. The van der Waals surface area contributed by atoms with Gasteiger partial charge in [-0.05, 0) is 33.3 Å². The molecule has 0 unspecified atom stereocenters. The largest absolute Gasteiger partial charge is 0.462 e. The molecule has 7 nitrogen and oxygen atoms in total. The van der Waals surface area contributed by atoms with Crippen molar-refractivity contribution in [3.63, 3.8) is 0 Å². The molecule has 0 aliphatic rings. The van der Waals surface area contributed by atoms with E-state index >= 15 is 0 Å². The third kappa shape index (κ3) is 2.96. The van der Waals surface area contributed by atoms with Gasteiger partial charge in [0.1, 0.15) is 27.6 Å². The number of nitrogens with zero attached hydrogens (tertiary/aromatic N) is 3. The van der Waals surface area contributed by atoms with E-state index in [2.05, 4.69) is 20.3 Å². The van der Waals surface area contributed by atoms with Gasteiger partial charge >= 0.3 is 5.97 Å². The molecule has 3 aromatic rings. The summed E-state index contributed by atoms with van der Waals surface area (Å²) in [6, 6.07) is 0. The van der Waals surface area contributed by atoms with Gasteiger partial charge in [-0.1, -0.05) is 0 Å². The van der Waals surface area contributed by atoms with Crippen LogP contribution in [0, 0.1) is 20.8 Å². The highest BCUT2D eigenvalue weighted by atomic mass is 32.1. The molecule has 0 aliphatic carbocycles. The van der Waals surface area contributed by atoms with E-state index in [1.165, 1.54) is 17.7 Å². The average Bonchev–Trinajstić information content (AvgIpc) is 3.06. The van der Waals surface area contributed by atoms with E-state index in [0.29, 0.717) is 29.7 Å². The summed E-state index contributed by atoms with van der Waals surface area (Å²) in [6.45, 7) is 8.19. The number of aromatic nitrogens is 3. The molecule has 0 aliphatic heterocycles. The summed E-state index contributed by atoms with van der Waals surface area (Å²) in [5.74, 6) is 1.71. The molecular formula is C16H18N4O3S. The van der Waals surface area contributed by atoms with Gasteiger partial charge in [0.05, 0.1) is 24.2 Å². The van der Waals surface area contributed by atoms with Crippen LogP contribution in [0.4, 0.5) is 5.82 Å². The average molecular weight is 346 g/mol. The van der Waals surface area contributed by atoms with Gasteiger partial charge < -0.3 is 14.5 Å². The van der Waals surface area contributed by atoms with E-state index < -0.39 is 0 Å². The van der Waals surface area contributed by atoms with E-state index in [1.807, 2.05) is 20.8 Å². The van der Waals surface area contributed by atoms with Crippen LogP contribution in [0.1, 0.15) is 39.5 Å². The van der Waals surface area contributed by atoms with Crippen LogP contribution in [0.5, 0.6) is 0 Å². The smallest absolute Gasteiger partial charge is 0.348 e. The highest BCUT2D eigenvalue weighted by molar-refractivity contribution is 7.20. The predicted molar refractivity (Wildman–Crippen MR) is 91.4 cm³/mol. The number of aryl methyl sites for hydroxylation is 3. The number of anilines is 1. The van der Waals surface area contributed by atoms with Gasteiger partial charge in [0.2, 0.25) is 5.89 Å². The molecule has 0 aromatic carbocycles. The number of fused-ring (bicyclic) bond motifs is 1. The van der Waals surface area contributed by atoms with Crippen molar-refractivity contribution in [2.24, 2.45) is 0 Å². The van der Waals surface area contributed by atoms with Crippen molar-refractivity contribution >= 4 is 33.3 Å². The zero-order chi connectivity index (χ0) is 17.3. The molecule has 3 heterocycles. The van der Waals surface area contributed by atoms with Gasteiger partial charge in [-0.2, -0.15) is 0 Å². The number of carbonyl (C=O) groups is 1. The Bertz CT molecular complexity index is 881. The van der Waals surface area contributed by atoms with Gasteiger partial charge in [0.15, 0.2) is 0 Å². The summed E-state index contributed by atoms with van der Waals surface area (Å²) >= 11 is 1.31. The molecule has 126 valence electrons. The van der Waals surface area contributed by atoms with Crippen LogP contribution in [0.3, 0.4) is 0 Å². The van der Waals surface area contributed by atoms with E-state index in [1.54, 1.807) is 6.92 Å². The second-order valence-corrected chi connectivity index (χ2v) is 6.28. The fourth-order valence-electron chi connectivity index (χ4n) is 2.37. The van der Waals surface area contributed by atoms with Crippen molar-refractivity contribution in [2.45, 2.75) is 34.2 Å². The zero-order valence-corrected chi connectivity index (χ0v) is 14.8. The molecule has 8 heteroatoms. The number of hydrogen-bond donors (Lipinski definition) is 1. The van der Waals surface area contributed by atoms with Crippen LogP contribution < -0.4 is 5.32 Å². The maximum Gasteiger partial charge on any atom is 0.348 e. The molecule has 3 rings (SSSR count). The summed E-state index contributed by atoms with van der Waals surface area (Å²) in [6.07, 6.45) is 1.47. The minimum Gasteiger partial charge on any atom is -0.462 e. The SMILES string of the molecule is CCOC(=O)c1sc2ncnc(NCc3nc(C)c(C)o3)c2c1C. The zero-order valence-electron chi connectivity index (χ0n) is 14.0. The molecular weight excluding hydrogens is 328 g/mol. The first-order chi connectivity index (χ1) is 11.5. The predicted octanol–water partition coefficient (Wildman–Crippen LogP) is 3.39. The lowest BCUT2D eigenvalue weighted by Gasteiger charge is -2.05. The van der Waals surface area contributed by atoms with Crippen LogP contribution in [0.15, 0.2) is 10.7 Å². The Morgan fingerprint density at radius 2 is 2.12 bits per heavy atom. The molecule has 0 saturated carbocycles. The molecule has 0 saturated heterocycles. The van der Waals surface area contributed by atoms with E-state index in [4.69, 9.17) is 9.15 Å². The number of thiophene rings is 1. The second kappa shape index (κ2) is 6.56. The quantitative estimate of drug-likeness (QED) is 0.708. The number of hydrogen-bond acceptors (Lipinski definition) is 8. The molecule has 0 spiro atoms. The van der Waals surface area contributed by atoms with Crippen molar-refractivity contribution in [1.29, 1.82) is 0 Å². The molecule has 1 N–H and O–H groups in total. The number of ether oxygens (including phenoxy) is 1. The topological polar surface area (TPSA) is 90.1 Å². The fourth-order valence-corrected chi connectivity index (χ4v) is 3.41. The van der Waals surface area contributed by atoms with Crippen LogP contribution in [-0.4, -0.2) is 27.5 Å². The van der Waals surface area contributed by atoms with Gasteiger partial charge in [0, 0.05) is 0 Å². The van der Waals surface area contributed by atoms with Crippen molar-refractivity contribution in [1.82, 2.24) is 15.0 Å². The van der Waals surface area contributed by atoms with Crippen molar-refractivity contribution in [3.05, 3.63) is 34.1 Å². The highest BCUT2D eigenvalue weighted by Crippen LogP contribution is 2.33. The first kappa shape index (κ1) is 16.4. The number of carbonyl (C=O) groups excluding carboxylic acids is 1. The third-order valence-corrected chi connectivity index (χ3v) is 4.85. The Morgan fingerprint density at radius 3 is 2.79 bits per heavy atom. The van der Waals surface area contributed by atoms with Gasteiger partial charge in [-0.25, -0.2) is 19.7 Å². The summed E-state index contributed by atoms with van der Waals surface area (Å²) < 4.78 is 10.7. The van der Waals surface area contributed by atoms with Crippen molar-refractivity contribution < 1.29 is 13.9 Å². The second-order valence-electron chi connectivity index (χ2n) is 5.28. The molecule has 24 heavy (non-hydrogen) atoms. The maximum absolute atomic E-state index is 12.1. The van der Waals surface area contributed by atoms with Gasteiger partial charge in [0.25, 0.3) is 0 Å². The van der Waals surface area contributed by atoms with Gasteiger partial charge in [-0.15, -0.1) is 11.3 Å². The molecule has 0 bridgehead atoms. The number of esters is 1. The Hall–Kier alpha value is -2.48. The van der Waals surface area contributed by atoms with Crippen LogP contribution in [-0.2, 0) is 11.3 Å². The first-order valence-electron chi connectivity index (χ1n) is 7.59. The highest BCUT2D eigenvalue weighted by Gasteiger charge is 2.20. The van der Waals surface area contributed by atoms with E-state index in [9.17, 15) is 4.79 Å². The standard InChI is InChI=1S/C16H18N4O3S/c1-5-22-16(21)13-8(2)12-14(18-7-19-15(12)24-13)17-6-11-20-9(3)10(4)23-11/h7H,5-6H2,1-4H3,(H,17,18,19). The Balaban J connectivity index is 1.92. The monoisotopic (exact) mass is 346 g/mol. The molecule has 0 atom stereocenters. The maximum atomic E-state index is 12.1. The van der Waals surface area contributed by atoms with E-state index in [0.717, 1.165) is 27.2 Å². The summed E-state index contributed by atoms with van der Waals surface area (Å²) in [7, 11) is 0. The van der Waals surface area contributed by atoms with Crippen LogP contribution in [0.25, 0.3) is 10.2 Å². The normalized spacial score (nSPS) is 11.0. The number of rotatable bonds is 5. The Kier molecular flexibility index (Phi) is 4.48. The van der Waals surface area contributed by atoms with Crippen LogP contribution >= 0.6 is 11.3 Å². The van der Waals surface area contributed by atoms with E-state index in [-0.39, 0.29) is 5.97 Å². The summed E-state index contributed by atoms with van der Waals surface area (Å²) in [4.78, 5) is 26.3. The third-order valence-electron chi connectivity index (χ3n) is 3.67. The van der Waals surface area contributed by atoms with Gasteiger partial charge in [-0.3, -0.25) is 0 Å². The number of oxazole rings is 1. The lowest BCUT2D eigenvalue weighted by molar-refractivity contribution is 0.0531. The first-order valence-corrected chi connectivity index (χ1v) is 8.40.